The molecule has 27 heavy (non-hydrogen) atoms. The molecule has 0 bridgehead atoms. The van der Waals surface area contributed by atoms with Gasteiger partial charge in [-0.3, -0.25) is 4.99 Å². The van der Waals surface area contributed by atoms with Crippen molar-refractivity contribution < 1.29 is 13.9 Å². The number of nitrogens with zero attached hydrogens (tertiary/aromatic N) is 2. The number of benzene rings is 2. The van der Waals surface area contributed by atoms with Crippen LogP contribution in [0.25, 0.3) is 0 Å². The van der Waals surface area contributed by atoms with Crippen molar-refractivity contribution in [2.75, 3.05) is 34.9 Å². The summed E-state index contributed by atoms with van der Waals surface area (Å²) in [5.74, 6) is 2.04. The van der Waals surface area contributed by atoms with Crippen LogP contribution in [-0.4, -0.2) is 45.7 Å². The van der Waals surface area contributed by atoms with Crippen molar-refractivity contribution in [1.82, 2.24) is 10.2 Å². The highest BCUT2D eigenvalue weighted by Gasteiger charge is 2.08. The zero-order valence-corrected chi connectivity index (χ0v) is 16.5. The Hall–Kier alpha value is -2.76. The molecule has 0 aliphatic heterocycles. The quantitative estimate of drug-likeness (QED) is 0.437. The molecular weight excluding hydrogens is 345 g/mol. The molecule has 0 radical (unpaired) electrons. The molecule has 0 spiro atoms. The fourth-order valence-corrected chi connectivity index (χ4v) is 2.90. The second-order valence-corrected chi connectivity index (χ2v) is 6.25. The number of halogens is 1. The first-order valence-corrected chi connectivity index (χ1v) is 8.94. The number of nitrogens with one attached hydrogen (secondary N) is 1. The first-order valence-electron chi connectivity index (χ1n) is 8.94. The van der Waals surface area contributed by atoms with Gasteiger partial charge in [-0.1, -0.05) is 18.2 Å². The van der Waals surface area contributed by atoms with Gasteiger partial charge in [-0.2, -0.15) is 0 Å². The van der Waals surface area contributed by atoms with Crippen molar-refractivity contribution in [3.63, 3.8) is 0 Å². The number of ether oxygens (including phenoxy) is 2. The molecule has 5 nitrogen and oxygen atoms in total. The average Bonchev–Trinajstić information content (AvgIpc) is 2.67. The van der Waals surface area contributed by atoms with E-state index in [1.54, 1.807) is 33.4 Å². The van der Waals surface area contributed by atoms with E-state index in [1.165, 1.54) is 11.6 Å². The van der Waals surface area contributed by atoms with Gasteiger partial charge in [-0.25, -0.2) is 4.39 Å². The molecule has 6 heteroatoms. The molecule has 0 saturated carbocycles. The van der Waals surface area contributed by atoms with Crippen molar-refractivity contribution in [3.05, 3.63) is 59.4 Å². The van der Waals surface area contributed by atoms with Crippen LogP contribution in [0.2, 0.25) is 0 Å². The highest BCUT2D eigenvalue weighted by molar-refractivity contribution is 5.79. The Kier molecular flexibility index (Phi) is 7.92. The van der Waals surface area contributed by atoms with E-state index < -0.39 is 0 Å². The summed E-state index contributed by atoms with van der Waals surface area (Å²) in [6, 6.07) is 12.6. The van der Waals surface area contributed by atoms with Crippen LogP contribution in [-0.2, 0) is 13.0 Å². The lowest BCUT2D eigenvalue weighted by Crippen LogP contribution is -2.39. The second-order valence-electron chi connectivity index (χ2n) is 6.25. The van der Waals surface area contributed by atoms with Crippen LogP contribution in [0.5, 0.6) is 11.5 Å². The maximum absolute atomic E-state index is 13.3. The standard InChI is InChI=1S/C21H28FN3O2/c1-23-21(25(2)15-17-7-5-9-18(22)13-17)24-12-6-8-16-10-11-19(26-3)20(14-16)27-4/h5,7,9-11,13-14H,6,8,12,15H2,1-4H3,(H,23,24). The van der Waals surface area contributed by atoms with E-state index in [9.17, 15) is 4.39 Å². The molecule has 0 aliphatic carbocycles. The lowest BCUT2D eigenvalue weighted by Gasteiger charge is -2.22. The predicted molar refractivity (Wildman–Crippen MR) is 107 cm³/mol. The predicted octanol–water partition coefficient (Wildman–Crippen LogP) is 3.48. The van der Waals surface area contributed by atoms with Crippen LogP contribution >= 0.6 is 0 Å². The van der Waals surface area contributed by atoms with Crippen LogP contribution in [0.4, 0.5) is 4.39 Å². The minimum absolute atomic E-state index is 0.223. The van der Waals surface area contributed by atoms with Gasteiger partial charge in [0, 0.05) is 27.2 Å². The van der Waals surface area contributed by atoms with E-state index in [4.69, 9.17) is 9.47 Å². The minimum Gasteiger partial charge on any atom is -0.493 e. The number of aryl methyl sites for hydroxylation is 1. The van der Waals surface area contributed by atoms with Gasteiger partial charge in [0.25, 0.3) is 0 Å². The van der Waals surface area contributed by atoms with Crippen LogP contribution in [0.3, 0.4) is 0 Å². The summed E-state index contributed by atoms with van der Waals surface area (Å²) in [5.41, 5.74) is 2.10. The molecule has 2 aromatic carbocycles. The number of rotatable bonds is 8. The molecule has 0 fully saturated rings. The Labute approximate surface area is 160 Å². The largest absolute Gasteiger partial charge is 0.493 e. The third-order valence-electron chi connectivity index (χ3n) is 4.26. The van der Waals surface area contributed by atoms with Gasteiger partial charge in [0.05, 0.1) is 14.2 Å². The molecule has 0 aliphatic rings. The van der Waals surface area contributed by atoms with Crippen molar-refractivity contribution >= 4 is 5.96 Å². The SMILES string of the molecule is CN=C(NCCCc1ccc(OC)c(OC)c1)N(C)Cc1cccc(F)c1. The first kappa shape index (κ1) is 20.6. The van der Waals surface area contributed by atoms with E-state index in [0.29, 0.717) is 6.54 Å². The lowest BCUT2D eigenvalue weighted by atomic mass is 10.1. The molecule has 0 aromatic heterocycles. The Balaban J connectivity index is 1.82. The van der Waals surface area contributed by atoms with E-state index >= 15 is 0 Å². The summed E-state index contributed by atoms with van der Waals surface area (Å²) in [5, 5.41) is 3.35. The minimum atomic E-state index is -0.223. The fraction of sp³-hybridized carbons (Fsp3) is 0.381. The van der Waals surface area contributed by atoms with Crippen molar-refractivity contribution in [2.45, 2.75) is 19.4 Å². The summed E-state index contributed by atoms with van der Waals surface area (Å²) in [4.78, 5) is 6.28. The van der Waals surface area contributed by atoms with Crippen molar-refractivity contribution in [3.8, 4) is 11.5 Å². The number of hydrogen-bond acceptors (Lipinski definition) is 3. The van der Waals surface area contributed by atoms with Gasteiger partial charge in [-0.15, -0.1) is 0 Å². The molecule has 0 saturated heterocycles. The van der Waals surface area contributed by atoms with E-state index in [1.807, 2.05) is 36.2 Å². The molecular formula is C21H28FN3O2. The fourth-order valence-electron chi connectivity index (χ4n) is 2.90. The Bertz CT molecular complexity index is 765. The van der Waals surface area contributed by atoms with E-state index in [0.717, 1.165) is 42.4 Å². The number of methoxy groups -OCH3 is 2. The number of aliphatic imine (C=N–C) groups is 1. The zero-order chi connectivity index (χ0) is 19.6. The van der Waals surface area contributed by atoms with E-state index in [2.05, 4.69) is 10.3 Å². The summed E-state index contributed by atoms with van der Waals surface area (Å²) in [6.45, 7) is 1.38. The van der Waals surface area contributed by atoms with Gasteiger partial charge in [0.15, 0.2) is 17.5 Å². The highest BCUT2D eigenvalue weighted by Crippen LogP contribution is 2.27. The number of guanidine groups is 1. The molecule has 146 valence electrons. The summed E-state index contributed by atoms with van der Waals surface area (Å²) in [6.07, 6.45) is 1.86. The summed E-state index contributed by atoms with van der Waals surface area (Å²) in [7, 11) is 6.96. The third kappa shape index (κ3) is 6.16. The summed E-state index contributed by atoms with van der Waals surface area (Å²) >= 11 is 0. The highest BCUT2D eigenvalue weighted by atomic mass is 19.1. The first-order chi connectivity index (χ1) is 13.1. The average molecular weight is 373 g/mol. The van der Waals surface area contributed by atoms with Gasteiger partial charge in [-0.05, 0) is 48.2 Å². The van der Waals surface area contributed by atoms with Crippen molar-refractivity contribution in [1.29, 1.82) is 0 Å². The molecule has 0 unspecified atom stereocenters. The molecule has 1 N–H and O–H groups in total. The monoisotopic (exact) mass is 373 g/mol. The summed E-state index contributed by atoms with van der Waals surface area (Å²) < 4.78 is 23.9. The maximum Gasteiger partial charge on any atom is 0.193 e. The topological polar surface area (TPSA) is 46.1 Å². The second kappa shape index (κ2) is 10.4. The molecule has 2 rings (SSSR count). The van der Waals surface area contributed by atoms with Crippen LogP contribution in [0.1, 0.15) is 17.5 Å². The molecule has 0 heterocycles. The van der Waals surface area contributed by atoms with Crippen molar-refractivity contribution in [2.24, 2.45) is 4.99 Å². The third-order valence-corrected chi connectivity index (χ3v) is 4.26. The van der Waals surface area contributed by atoms with Gasteiger partial charge in [0.1, 0.15) is 5.82 Å². The Morgan fingerprint density at radius 3 is 2.52 bits per heavy atom. The zero-order valence-electron chi connectivity index (χ0n) is 16.5. The Morgan fingerprint density at radius 1 is 1.07 bits per heavy atom. The van der Waals surface area contributed by atoms with Crippen LogP contribution < -0.4 is 14.8 Å². The molecule has 0 atom stereocenters. The van der Waals surface area contributed by atoms with Gasteiger partial charge in [0.2, 0.25) is 0 Å². The Morgan fingerprint density at radius 2 is 1.85 bits per heavy atom. The lowest BCUT2D eigenvalue weighted by molar-refractivity contribution is 0.354. The number of hydrogen-bond donors (Lipinski definition) is 1. The van der Waals surface area contributed by atoms with E-state index in [-0.39, 0.29) is 5.82 Å². The van der Waals surface area contributed by atoms with Crippen LogP contribution in [0, 0.1) is 5.82 Å². The molecule has 2 aromatic rings. The molecule has 0 amide bonds. The normalized spacial score (nSPS) is 11.2. The smallest absolute Gasteiger partial charge is 0.193 e. The maximum atomic E-state index is 13.3. The van der Waals surface area contributed by atoms with Gasteiger partial charge < -0.3 is 19.7 Å². The van der Waals surface area contributed by atoms with Gasteiger partial charge >= 0.3 is 0 Å². The van der Waals surface area contributed by atoms with Crippen LogP contribution in [0.15, 0.2) is 47.5 Å².